The molecule has 0 saturated heterocycles. The first kappa shape index (κ1) is 13.5. The minimum absolute atomic E-state index is 0.0934. The fraction of sp³-hybridized carbons (Fsp3) is 0.143. The maximum absolute atomic E-state index is 9.72. The van der Waals surface area contributed by atoms with Crippen LogP contribution in [0.15, 0.2) is 40.9 Å². The number of anilines is 1. The highest BCUT2D eigenvalue weighted by molar-refractivity contribution is 9.10. The molecule has 0 aliphatic rings. The van der Waals surface area contributed by atoms with Crippen molar-refractivity contribution in [2.45, 2.75) is 6.54 Å². The number of ether oxygens (including phenoxy) is 1. The molecule has 4 nitrogen and oxygen atoms in total. The molecule has 2 aromatic carbocycles. The molecule has 0 fully saturated rings. The van der Waals surface area contributed by atoms with Crippen LogP contribution in [0.3, 0.4) is 0 Å². The average molecular weight is 324 g/mol. The second kappa shape index (κ2) is 5.84. The van der Waals surface area contributed by atoms with E-state index < -0.39 is 0 Å². The summed E-state index contributed by atoms with van der Waals surface area (Å²) in [5, 5.41) is 22.1. The maximum atomic E-state index is 9.72. The van der Waals surface area contributed by atoms with E-state index in [1.165, 1.54) is 7.11 Å². The predicted molar refractivity (Wildman–Crippen MR) is 77.8 cm³/mol. The van der Waals surface area contributed by atoms with Gasteiger partial charge in [-0.25, -0.2) is 0 Å². The van der Waals surface area contributed by atoms with E-state index in [1.807, 2.05) is 6.07 Å². The number of rotatable bonds is 4. The molecule has 5 heteroatoms. The van der Waals surface area contributed by atoms with E-state index in [0.29, 0.717) is 16.8 Å². The molecule has 2 rings (SSSR count). The van der Waals surface area contributed by atoms with E-state index in [-0.39, 0.29) is 11.5 Å². The van der Waals surface area contributed by atoms with Gasteiger partial charge in [-0.05, 0) is 57.9 Å². The molecule has 100 valence electrons. The van der Waals surface area contributed by atoms with Crippen molar-refractivity contribution in [3.8, 4) is 17.2 Å². The van der Waals surface area contributed by atoms with Gasteiger partial charge in [-0.3, -0.25) is 0 Å². The Morgan fingerprint density at radius 3 is 2.47 bits per heavy atom. The van der Waals surface area contributed by atoms with Crippen LogP contribution >= 0.6 is 15.9 Å². The second-order valence-corrected chi connectivity index (χ2v) is 4.88. The normalized spacial score (nSPS) is 10.2. The molecule has 0 amide bonds. The van der Waals surface area contributed by atoms with Crippen molar-refractivity contribution in [2.24, 2.45) is 0 Å². The Morgan fingerprint density at radius 1 is 1.16 bits per heavy atom. The van der Waals surface area contributed by atoms with Gasteiger partial charge in [0.05, 0.1) is 11.6 Å². The summed E-state index contributed by atoms with van der Waals surface area (Å²) in [6.07, 6.45) is 0. The lowest BCUT2D eigenvalue weighted by Crippen LogP contribution is -2.00. The average Bonchev–Trinajstić information content (AvgIpc) is 2.41. The SMILES string of the molecule is COc1cc(CNc2ccc(O)cc2)cc(Br)c1O. The van der Waals surface area contributed by atoms with Crippen LogP contribution in [-0.2, 0) is 6.54 Å². The Labute approximate surface area is 119 Å². The zero-order chi connectivity index (χ0) is 13.8. The third kappa shape index (κ3) is 3.32. The van der Waals surface area contributed by atoms with Crippen molar-refractivity contribution in [1.82, 2.24) is 0 Å². The van der Waals surface area contributed by atoms with Gasteiger partial charge in [0.25, 0.3) is 0 Å². The number of phenolic OH excluding ortho intramolecular Hbond substituents is 2. The van der Waals surface area contributed by atoms with Crippen LogP contribution in [-0.4, -0.2) is 17.3 Å². The van der Waals surface area contributed by atoms with Crippen molar-refractivity contribution < 1.29 is 14.9 Å². The monoisotopic (exact) mass is 323 g/mol. The Kier molecular flexibility index (Phi) is 4.16. The topological polar surface area (TPSA) is 61.7 Å². The molecule has 2 aromatic rings. The zero-order valence-electron chi connectivity index (χ0n) is 10.4. The highest BCUT2D eigenvalue weighted by Gasteiger charge is 2.08. The van der Waals surface area contributed by atoms with Crippen LogP contribution in [0.1, 0.15) is 5.56 Å². The molecule has 0 aliphatic carbocycles. The quantitative estimate of drug-likeness (QED) is 0.754. The molecule has 0 aromatic heterocycles. The first-order valence-corrected chi connectivity index (χ1v) is 6.47. The molecular formula is C14H14BrNO3. The lowest BCUT2D eigenvalue weighted by molar-refractivity contribution is 0.371. The van der Waals surface area contributed by atoms with Gasteiger partial charge in [0.2, 0.25) is 0 Å². The van der Waals surface area contributed by atoms with Crippen LogP contribution < -0.4 is 10.1 Å². The minimum atomic E-state index is 0.0934. The largest absolute Gasteiger partial charge is 0.508 e. The summed E-state index contributed by atoms with van der Waals surface area (Å²) in [6.45, 7) is 0.583. The Bertz CT molecular complexity index is 570. The summed E-state index contributed by atoms with van der Waals surface area (Å²) < 4.78 is 5.69. The van der Waals surface area contributed by atoms with Gasteiger partial charge in [0.1, 0.15) is 5.75 Å². The van der Waals surface area contributed by atoms with E-state index in [0.717, 1.165) is 11.3 Å². The second-order valence-electron chi connectivity index (χ2n) is 4.03. The molecule has 0 radical (unpaired) electrons. The third-order valence-corrected chi connectivity index (χ3v) is 3.28. The molecule has 0 unspecified atom stereocenters. The zero-order valence-corrected chi connectivity index (χ0v) is 11.9. The van der Waals surface area contributed by atoms with Crippen LogP contribution in [0.25, 0.3) is 0 Å². The summed E-state index contributed by atoms with van der Waals surface area (Å²) in [5.41, 5.74) is 1.87. The van der Waals surface area contributed by atoms with Crippen LogP contribution in [0.2, 0.25) is 0 Å². The summed E-state index contributed by atoms with van der Waals surface area (Å²) >= 11 is 3.28. The number of aromatic hydroxyl groups is 2. The minimum Gasteiger partial charge on any atom is -0.508 e. The Hall–Kier alpha value is -1.88. The van der Waals surface area contributed by atoms with Gasteiger partial charge in [0.15, 0.2) is 11.5 Å². The van der Waals surface area contributed by atoms with Crippen molar-refractivity contribution in [3.63, 3.8) is 0 Å². The van der Waals surface area contributed by atoms with Gasteiger partial charge < -0.3 is 20.3 Å². The lowest BCUT2D eigenvalue weighted by atomic mass is 10.2. The fourth-order valence-corrected chi connectivity index (χ4v) is 2.16. The van der Waals surface area contributed by atoms with Crippen LogP contribution in [0.5, 0.6) is 17.2 Å². The van der Waals surface area contributed by atoms with Crippen molar-refractivity contribution in [1.29, 1.82) is 0 Å². The summed E-state index contributed by atoms with van der Waals surface area (Å²) in [4.78, 5) is 0. The van der Waals surface area contributed by atoms with Crippen molar-refractivity contribution in [2.75, 3.05) is 12.4 Å². The van der Waals surface area contributed by atoms with Gasteiger partial charge >= 0.3 is 0 Å². The molecule has 0 atom stereocenters. The van der Waals surface area contributed by atoms with E-state index in [1.54, 1.807) is 30.3 Å². The number of benzene rings is 2. The predicted octanol–water partition coefficient (Wildman–Crippen LogP) is 3.48. The molecule has 0 bridgehead atoms. The number of methoxy groups -OCH3 is 1. The molecule has 0 saturated carbocycles. The van der Waals surface area contributed by atoms with Crippen LogP contribution in [0.4, 0.5) is 5.69 Å². The first-order chi connectivity index (χ1) is 9.10. The summed E-state index contributed by atoms with van der Waals surface area (Å²) in [7, 11) is 1.51. The van der Waals surface area contributed by atoms with Gasteiger partial charge in [-0.15, -0.1) is 0 Å². The number of hydrogen-bond donors (Lipinski definition) is 3. The van der Waals surface area contributed by atoms with E-state index in [2.05, 4.69) is 21.2 Å². The van der Waals surface area contributed by atoms with Gasteiger partial charge in [-0.2, -0.15) is 0 Å². The Morgan fingerprint density at radius 2 is 1.84 bits per heavy atom. The molecule has 3 N–H and O–H groups in total. The van der Waals surface area contributed by atoms with Crippen molar-refractivity contribution in [3.05, 3.63) is 46.4 Å². The summed E-state index contributed by atoms with van der Waals surface area (Å²) in [6, 6.07) is 10.4. The molecular weight excluding hydrogens is 310 g/mol. The van der Waals surface area contributed by atoms with E-state index >= 15 is 0 Å². The highest BCUT2D eigenvalue weighted by atomic mass is 79.9. The standard InChI is InChI=1S/C14H14BrNO3/c1-19-13-7-9(6-12(15)14(13)18)8-16-10-2-4-11(17)5-3-10/h2-7,16-18H,8H2,1H3. The number of phenols is 2. The maximum Gasteiger partial charge on any atom is 0.172 e. The number of nitrogens with one attached hydrogen (secondary N) is 1. The molecule has 0 spiro atoms. The van der Waals surface area contributed by atoms with E-state index in [4.69, 9.17) is 4.74 Å². The Balaban J connectivity index is 2.11. The number of halogens is 1. The van der Waals surface area contributed by atoms with Gasteiger partial charge in [0, 0.05) is 12.2 Å². The smallest absolute Gasteiger partial charge is 0.172 e. The third-order valence-electron chi connectivity index (χ3n) is 2.67. The number of hydrogen-bond acceptors (Lipinski definition) is 4. The molecule has 0 heterocycles. The fourth-order valence-electron chi connectivity index (χ4n) is 1.67. The van der Waals surface area contributed by atoms with Gasteiger partial charge in [-0.1, -0.05) is 0 Å². The lowest BCUT2D eigenvalue weighted by Gasteiger charge is -2.10. The first-order valence-electron chi connectivity index (χ1n) is 5.68. The molecule has 0 aliphatic heterocycles. The molecule has 19 heavy (non-hydrogen) atoms. The van der Waals surface area contributed by atoms with E-state index in [9.17, 15) is 10.2 Å². The van der Waals surface area contributed by atoms with Crippen molar-refractivity contribution >= 4 is 21.6 Å². The highest BCUT2D eigenvalue weighted by Crippen LogP contribution is 2.35. The van der Waals surface area contributed by atoms with Crippen LogP contribution in [0, 0.1) is 0 Å². The summed E-state index contributed by atoms with van der Waals surface area (Å²) in [5.74, 6) is 0.757.